The molecule has 0 aliphatic rings. The average molecular weight is 301 g/mol. The normalized spacial score (nSPS) is 15.0. The van der Waals surface area contributed by atoms with E-state index in [1.165, 1.54) is 7.11 Å². The molecule has 0 saturated heterocycles. The predicted molar refractivity (Wildman–Crippen MR) is 88.5 cm³/mol. The first-order valence-corrected chi connectivity index (χ1v) is 7.84. The van der Waals surface area contributed by atoms with Crippen molar-refractivity contribution in [3.05, 3.63) is 0 Å². The molecular weight excluding hydrogens is 266 g/mol. The number of methoxy groups -OCH3 is 1. The van der Waals surface area contributed by atoms with Gasteiger partial charge in [-0.3, -0.25) is 15.0 Å². The van der Waals surface area contributed by atoms with Crippen molar-refractivity contribution >= 4 is 5.97 Å². The van der Waals surface area contributed by atoms with Gasteiger partial charge in [-0.05, 0) is 40.8 Å². The van der Waals surface area contributed by atoms with Crippen LogP contribution in [0.4, 0.5) is 0 Å². The van der Waals surface area contributed by atoms with Crippen LogP contribution in [0, 0.1) is 5.92 Å². The summed E-state index contributed by atoms with van der Waals surface area (Å²) in [6.45, 7) is 14.0. The first kappa shape index (κ1) is 20.3. The zero-order chi connectivity index (χ0) is 16.6. The summed E-state index contributed by atoms with van der Waals surface area (Å²) >= 11 is 0. The number of likely N-dealkylation sites (N-methyl/N-ethyl adjacent to an activating group) is 1. The lowest BCUT2D eigenvalue weighted by Gasteiger charge is -2.36. The van der Waals surface area contributed by atoms with Crippen LogP contribution in [0.25, 0.3) is 0 Å². The molecular formula is C16H35N3O2. The number of hydrogen-bond acceptors (Lipinski definition) is 5. The van der Waals surface area contributed by atoms with Gasteiger partial charge >= 0.3 is 5.97 Å². The maximum Gasteiger partial charge on any atom is 0.327 e. The molecule has 0 aliphatic carbocycles. The molecule has 21 heavy (non-hydrogen) atoms. The molecule has 0 aromatic carbocycles. The number of rotatable bonds is 10. The number of hydrogen-bond donors (Lipinski definition) is 1. The fourth-order valence-corrected chi connectivity index (χ4v) is 2.57. The smallest absolute Gasteiger partial charge is 0.327 e. The molecule has 0 spiro atoms. The Balaban J connectivity index is 4.96. The summed E-state index contributed by atoms with van der Waals surface area (Å²) < 4.78 is 5.01. The van der Waals surface area contributed by atoms with E-state index in [2.05, 4.69) is 43.1 Å². The van der Waals surface area contributed by atoms with Crippen LogP contribution in [-0.2, 0) is 9.53 Å². The fourth-order valence-electron chi connectivity index (χ4n) is 2.57. The Morgan fingerprint density at radius 2 is 1.76 bits per heavy atom. The Morgan fingerprint density at radius 1 is 1.19 bits per heavy atom. The summed E-state index contributed by atoms with van der Waals surface area (Å²) in [6, 6.07) is 0.226. The van der Waals surface area contributed by atoms with Crippen LogP contribution in [-0.4, -0.2) is 74.7 Å². The Kier molecular flexibility index (Phi) is 9.09. The number of nitrogens with zero attached hydrogens (tertiary/aromatic N) is 2. The molecule has 0 fully saturated rings. The van der Waals surface area contributed by atoms with Crippen molar-refractivity contribution in [1.29, 1.82) is 0 Å². The summed E-state index contributed by atoms with van der Waals surface area (Å²) in [5.74, 6) is 0.364. The maximum absolute atomic E-state index is 12.2. The van der Waals surface area contributed by atoms with Crippen LogP contribution in [0.15, 0.2) is 0 Å². The minimum Gasteiger partial charge on any atom is -0.468 e. The first-order valence-electron chi connectivity index (χ1n) is 7.84. The third-order valence-corrected chi connectivity index (χ3v) is 3.27. The number of nitrogens with one attached hydrogen (secondary N) is 1. The molecule has 5 nitrogen and oxygen atoms in total. The molecule has 0 heterocycles. The Hall–Kier alpha value is -0.650. The summed E-state index contributed by atoms with van der Waals surface area (Å²) in [6.07, 6.45) is 0. The highest BCUT2D eigenvalue weighted by molar-refractivity contribution is 5.80. The largest absolute Gasteiger partial charge is 0.468 e. The van der Waals surface area contributed by atoms with Crippen molar-refractivity contribution in [2.24, 2.45) is 5.92 Å². The van der Waals surface area contributed by atoms with Crippen molar-refractivity contribution in [3.63, 3.8) is 0 Å². The van der Waals surface area contributed by atoms with Crippen LogP contribution >= 0.6 is 0 Å². The van der Waals surface area contributed by atoms with Gasteiger partial charge in [-0.15, -0.1) is 0 Å². The predicted octanol–water partition coefficient (Wildman–Crippen LogP) is 1.44. The van der Waals surface area contributed by atoms with Gasteiger partial charge in [0.25, 0.3) is 0 Å². The van der Waals surface area contributed by atoms with Gasteiger partial charge in [-0.25, -0.2) is 0 Å². The standard InChI is InChI=1S/C16H35N3O2/c1-13(2)11-19(10-9-18(6)7)12-16(5,15(20)21-8)17-14(3)4/h13-14,17H,9-12H2,1-8H3. The van der Waals surface area contributed by atoms with Gasteiger partial charge in [0.2, 0.25) is 0 Å². The zero-order valence-electron chi connectivity index (χ0n) is 15.2. The topological polar surface area (TPSA) is 44.8 Å². The summed E-state index contributed by atoms with van der Waals surface area (Å²) in [7, 11) is 5.59. The van der Waals surface area contributed by atoms with Crippen LogP contribution in [0.3, 0.4) is 0 Å². The van der Waals surface area contributed by atoms with Crippen molar-refractivity contribution in [2.45, 2.75) is 46.2 Å². The maximum atomic E-state index is 12.2. The van der Waals surface area contributed by atoms with Crippen LogP contribution in [0.5, 0.6) is 0 Å². The van der Waals surface area contributed by atoms with Gasteiger partial charge in [-0.2, -0.15) is 0 Å². The second-order valence-corrected chi connectivity index (χ2v) is 7.05. The van der Waals surface area contributed by atoms with Gasteiger partial charge < -0.3 is 9.64 Å². The molecule has 0 radical (unpaired) electrons. The van der Waals surface area contributed by atoms with Crippen molar-refractivity contribution in [3.8, 4) is 0 Å². The fraction of sp³-hybridized carbons (Fsp3) is 0.938. The van der Waals surface area contributed by atoms with Crippen LogP contribution in [0.2, 0.25) is 0 Å². The molecule has 0 saturated carbocycles. The molecule has 0 rings (SSSR count). The Morgan fingerprint density at radius 3 is 2.14 bits per heavy atom. The molecule has 0 aliphatic heterocycles. The third kappa shape index (κ3) is 8.39. The average Bonchev–Trinajstić information content (AvgIpc) is 2.33. The number of carbonyl (C=O) groups is 1. The third-order valence-electron chi connectivity index (χ3n) is 3.27. The molecule has 126 valence electrons. The van der Waals surface area contributed by atoms with E-state index in [9.17, 15) is 4.79 Å². The molecule has 0 aromatic rings. The number of esters is 1. The summed E-state index contributed by atoms with van der Waals surface area (Å²) in [5, 5.41) is 3.37. The minimum atomic E-state index is -0.676. The van der Waals surface area contributed by atoms with Gasteiger partial charge in [0.1, 0.15) is 5.54 Å². The summed E-state index contributed by atoms with van der Waals surface area (Å²) in [5.41, 5.74) is -0.676. The van der Waals surface area contributed by atoms with E-state index < -0.39 is 5.54 Å². The van der Waals surface area contributed by atoms with E-state index in [1.54, 1.807) is 0 Å². The van der Waals surface area contributed by atoms with E-state index in [1.807, 2.05) is 20.8 Å². The molecule has 1 atom stereocenters. The molecule has 1 unspecified atom stereocenters. The Labute approximate surface area is 131 Å². The van der Waals surface area contributed by atoms with Crippen molar-refractivity contribution in [1.82, 2.24) is 15.1 Å². The van der Waals surface area contributed by atoms with E-state index in [0.29, 0.717) is 12.5 Å². The van der Waals surface area contributed by atoms with Gasteiger partial charge in [-0.1, -0.05) is 13.8 Å². The van der Waals surface area contributed by atoms with E-state index >= 15 is 0 Å². The van der Waals surface area contributed by atoms with Gasteiger partial charge in [0.05, 0.1) is 7.11 Å². The van der Waals surface area contributed by atoms with Crippen LogP contribution < -0.4 is 5.32 Å². The quantitative estimate of drug-likeness (QED) is 0.619. The molecule has 0 bridgehead atoms. The van der Waals surface area contributed by atoms with Gasteiger partial charge in [0, 0.05) is 32.2 Å². The monoisotopic (exact) mass is 301 g/mol. The lowest BCUT2D eigenvalue weighted by atomic mass is 9.99. The molecule has 0 aromatic heterocycles. The van der Waals surface area contributed by atoms with Crippen LogP contribution in [0.1, 0.15) is 34.6 Å². The van der Waals surface area contributed by atoms with Crippen molar-refractivity contribution in [2.75, 3.05) is 47.4 Å². The lowest BCUT2D eigenvalue weighted by Crippen LogP contribution is -2.60. The first-order chi connectivity index (χ1) is 9.60. The van der Waals surface area contributed by atoms with E-state index in [4.69, 9.17) is 4.74 Å². The zero-order valence-corrected chi connectivity index (χ0v) is 15.2. The SMILES string of the molecule is COC(=O)C(C)(CN(CCN(C)C)CC(C)C)NC(C)C. The molecule has 1 N–H and O–H groups in total. The van der Waals surface area contributed by atoms with Crippen molar-refractivity contribution < 1.29 is 9.53 Å². The molecule has 0 amide bonds. The number of ether oxygens (including phenoxy) is 1. The second kappa shape index (κ2) is 9.38. The minimum absolute atomic E-state index is 0.199. The highest BCUT2D eigenvalue weighted by Gasteiger charge is 2.36. The Bertz CT molecular complexity index is 306. The lowest BCUT2D eigenvalue weighted by molar-refractivity contribution is -0.149. The van der Waals surface area contributed by atoms with E-state index in [0.717, 1.165) is 19.6 Å². The number of carbonyl (C=O) groups excluding carboxylic acids is 1. The van der Waals surface area contributed by atoms with E-state index in [-0.39, 0.29) is 12.0 Å². The summed E-state index contributed by atoms with van der Waals surface area (Å²) in [4.78, 5) is 16.7. The second-order valence-electron chi connectivity index (χ2n) is 7.05. The molecule has 5 heteroatoms. The van der Waals surface area contributed by atoms with Gasteiger partial charge in [0.15, 0.2) is 0 Å². The highest BCUT2D eigenvalue weighted by Crippen LogP contribution is 2.12. The highest BCUT2D eigenvalue weighted by atomic mass is 16.5.